The normalized spacial score (nSPS) is 12.6. The minimum absolute atomic E-state index is 0.0812. The Balaban J connectivity index is 2.63. The number of aliphatic hydroxyl groups excluding tert-OH is 2. The van der Waals surface area contributed by atoms with Crippen molar-refractivity contribution in [2.24, 2.45) is 0 Å². The lowest BCUT2D eigenvalue weighted by atomic mass is 10.3. The first-order valence-corrected chi connectivity index (χ1v) is 5.88. The summed E-state index contributed by atoms with van der Waals surface area (Å²) in [5.74, 6) is 0.0812. The second kappa shape index (κ2) is 6.92. The van der Waals surface area contributed by atoms with E-state index in [9.17, 15) is 8.78 Å². The highest BCUT2D eigenvalue weighted by Gasteiger charge is 2.08. The van der Waals surface area contributed by atoms with Gasteiger partial charge in [0, 0.05) is 15.8 Å². The third-order valence-corrected chi connectivity index (χ3v) is 2.80. The number of benzene rings is 1. The number of hydrogen-bond acceptors (Lipinski definition) is 4. The van der Waals surface area contributed by atoms with Crippen molar-refractivity contribution < 1.29 is 23.7 Å². The van der Waals surface area contributed by atoms with Gasteiger partial charge in [-0.1, -0.05) is 0 Å². The number of hydrogen-bond donors (Lipinski definition) is 3. The molecular formula is C10H12F2INO3. The fourth-order valence-corrected chi connectivity index (χ4v) is 1.79. The number of ether oxygens (including phenoxy) is 1. The van der Waals surface area contributed by atoms with Crippen LogP contribution in [0, 0.1) is 3.57 Å². The molecule has 0 spiro atoms. The maximum Gasteiger partial charge on any atom is 0.387 e. The zero-order valence-electron chi connectivity index (χ0n) is 8.74. The van der Waals surface area contributed by atoms with Crippen LogP contribution in [0.2, 0.25) is 0 Å². The fourth-order valence-electron chi connectivity index (χ4n) is 1.11. The molecule has 1 unspecified atom stereocenters. The Hall–Kier alpha value is -0.670. The summed E-state index contributed by atoms with van der Waals surface area (Å²) in [7, 11) is 0. The first-order valence-electron chi connectivity index (χ1n) is 4.80. The largest absolute Gasteiger partial charge is 0.435 e. The minimum Gasteiger partial charge on any atom is -0.435 e. The van der Waals surface area contributed by atoms with Gasteiger partial charge >= 0.3 is 6.61 Å². The number of alkyl halides is 2. The molecule has 0 fully saturated rings. The molecule has 0 heterocycles. The molecule has 0 saturated carbocycles. The Kier molecular flexibility index (Phi) is 5.86. The molecule has 0 radical (unpaired) electrons. The lowest BCUT2D eigenvalue weighted by Crippen LogP contribution is -2.23. The first-order chi connectivity index (χ1) is 8.02. The molecule has 7 heteroatoms. The molecule has 96 valence electrons. The molecular weight excluding hydrogens is 347 g/mol. The Morgan fingerprint density at radius 2 is 2.12 bits per heavy atom. The van der Waals surface area contributed by atoms with Crippen LogP contribution in [0.25, 0.3) is 0 Å². The molecule has 0 aromatic heterocycles. The van der Waals surface area contributed by atoms with Gasteiger partial charge in [0.25, 0.3) is 0 Å². The van der Waals surface area contributed by atoms with Crippen molar-refractivity contribution in [1.29, 1.82) is 0 Å². The van der Waals surface area contributed by atoms with E-state index in [0.29, 0.717) is 9.26 Å². The molecule has 17 heavy (non-hydrogen) atoms. The van der Waals surface area contributed by atoms with E-state index in [-0.39, 0.29) is 18.9 Å². The van der Waals surface area contributed by atoms with Crippen LogP contribution in [-0.2, 0) is 0 Å². The van der Waals surface area contributed by atoms with E-state index in [0.717, 1.165) is 0 Å². The van der Waals surface area contributed by atoms with Crippen molar-refractivity contribution in [1.82, 2.24) is 0 Å². The lowest BCUT2D eigenvalue weighted by molar-refractivity contribution is -0.0498. The topological polar surface area (TPSA) is 61.7 Å². The van der Waals surface area contributed by atoms with Crippen molar-refractivity contribution in [3.8, 4) is 5.75 Å². The molecule has 0 amide bonds. The Morgan fingerprint density at radius 1 is 1.41 bits per heavy atom. The number of halogens is 3. The number of nitrogens with one attached hydrogen (secondary N) is 1. The number of aliphatic hydroxyl groups is 2. The van der Waals surface area contributed by atoms with Gasteiger partial charge < -0.3 is 20.3 Å². The van der Waals surface area contributed by atoms with Crippen LogP contribution in [-0.4, -0.2) is 36.1 Å². The predicted octanol–water partition coefficient (Wildman–Crippen LogP) is 1.66. The Morgan fingerprint density at radius 3 is 2.65 bits per heavy atom. The Labute approximate surface area is 111 Å². The smallest absolute Gasteiger partial charge is 0.387 e. The maximum absolute atomic E-state index is 12.0. The summed E-state index contributed by atoms with van der Waals surface area (Å²) in [5, 5.41) is 20.7. The van der Waals surface area contributed by atoms with Gasteiger partial charge in [0.15, 0.2) is 0 Å². The number of rotatable bonds is 6. The third-order valence-electron chi connectivity index (χ3n) is 1.90. The summed E-state index contributed by atoms with van der Waals surface area (Å²) in [6.45, 7) is -3.00. The predicted molar refractivity (Wildman–Crippen MR) is 67.4 cm³/mol. The summed E-state index contributed by atoms with van der Waals surface area (Å²) < 4.78 is 28.8. The van der Waals surface area contributed by atoms with Gasteiger partial charge in [0.05, 0.1) is 12.7 Å². The monoisotopic (exact) mass is 359 g/mol. The van der Waals surface area contributed by atoms with Gasteiger partial charge in [-0.25, -0.2) is 0 Å². The molecule has 0 bridgehead atoms. The highest BCUT2D eigenvalue weighted by molar-refractivity contribution is 14.1. The van der Waals surface area contributed by atoms with Crippen LogP contribution in [0.1, 0.15) is 0 Å². The lowest BCUT2D eigenvalue weighted by Gasteiger charge is -2.13. The highest BCUT2D eigenvalue weighted by Crippen LogP contribution is 2.24. The van der Waals surface area contributed by atoms with Crippen molar-refractivity contribution >= 4 is 28.3 Å². The maximum atomic E-state index is 12.0. The second-order valence-corrected chi connectivity index (χ2v) is 4.40. The molecule has 4 nitrogen and oxygen atoms in total. The van der Waals surface area contributed by atoms with Gasteiger partial charge in [0.2, 0.25) is 0 Å². The quantitative estimate of drug-likeness (QED) is 0.677. The molecule has 1 atom stereocenters. The summed E-state index contributed by atoms with van der Waals surface area (Å²) in [4.78, 5) is 0. The average Bonchev–Trinajstić information content (AvgIpc) is 2.26. The van der Waals surface area contributed by atoms with Gasteiger partial charge in [-0.05, 0) is 40.8 Å². The van der Waals surface area contributed by atoms with Crippen LogP contribution < -0.4 is 10.1 Å². The second-order valence-electron chi connectivity index (χ2n) is 3.24. The molecule has 3 N–H and O–H groups in total. The molecule has 0 saturated heterocycles. The zero-order valence-corrected chi connectivity index (χ0v) is 10.9. The molecule has 1 aromatic carbocycles. The van der Waals surface area contributed by atoms with Gasteiger partial charge in [-0.2, -0.15) is 8.78 Å². The summed E-state index contributed by atoms with van der Waals surface area (Å²) in [5.41, 5.74) is 0.680. The molecule has 0 aliphatic heterocycles. The molecule has 1 rings (SSSR count). The minimum atomic E-state index is -2.85. The summed E-state index contributed by atoms with van der Waals surface area (Å²) >= 11 is 1.96. The van der Waals surface area contributed by atoms with E-state index in [1.807, 2.05) is 22.6 Å². The van der Waals surface area contributed by atoms with Crippen molar-refractivity contribution in [2.75, 3.05) is 18.5 Å². The zero-order chi connectivity index (χ0) is 12.8. The van der Waals surface area contributed by atoms with Crippen molar-refractivity contribution in [3.63, 3.8) is 0 Å². The number of anilines is 1. The van der Waals surface area contributed by atoms with E-state index in [1.165, 1.54) is 12.1 Å². The SMILES string of the molecule is OCC(O)CNc1ccc(OC(F)F)cc1I. The Bertz CT molecular complexity index is 365. The van der Waals surface area contributed by atoms with E-state index < -0.39 is 12.7 Å². The van der Waals surface area contributed by atoms with E-state index in [1.54, 1.807) is 6.07 Å². The summed E-state index contributed by atoms with van der Waals surface area (Å²) in [6.07, 6.45) is -0.859. The van der Waals surface area contributed by atoms with E-state index >= 15 is 0 Å². The van der Waals surface area contributed by atoms with Crippen molar-refractivity contribution in [3.05, 3.63) is 21.8 Å². The van der Waals surface area contributed by atoms with Gasteiger partial charge in [0.1, 0.15) is 5.75 Å². The molecule has 0 aliphatic rings. The van der Waals surface area contributed by atoms with Crippen molar-refractivity contribution in [2.45, 2.75) is 12.7 Å². The van der Waals surface area contributed by atoms with E-state index in [2.05, 4.69) is 10.1 Å². The van der Waals surface area contributed by atoms with Crippen LogP contribution in [0.15, 0.2) is 18.2 Å². The standard InChI is InChI=1S/C10H12F2INO3/c11-10(12)17-7-1-2-9(8(13)3-7)14-4-6(16)5-15/h1-3,6,10,14-16H,4-5H2. The fraction of sp³-hybridized carbons (Fsp3) is 0.400. The van der Waals surface area contributed by atoms with Crippen LogP contribution in [0.4, 0.5) is 14.5 Å². The first kappa shape index (κ1) is 14.4. The van der Waals surface area contributed by atoms with Gasteiger partial charge in [-0.15, -0.1) is 0 Å². The third kappa shape index (κ3) is 5.00. The summed E-state index contributed by atoms with van der Waals surface area (Å²) in [6, 6.07) is 4.44. The van der Waals surface area contributed by atoms with Crippen LogP contribution >= 0.6 is 22.6 Å². The van der Waals surface area contributed by atoms with Crippen LogP contribution in [0.5, 0.6) is 5.75 Å². The average molecular weight is 359 g/mol. The molecule has 0 aliphatic carbocycles. The molecule has 1 aromatic rings. The van der Waals surface area contributed by atoms with Crippen LogP contribution in [0.3, 0.4) is 0 Å². The highest BCUT2D eigenvalue weighted by atomic mass is 127. The van der Waals surface area contributed by atoms with E-state index in [4.69, 9.17) is 10.2 Å². The van der Waals surface area contributed by atoms with Gasteiger partial charge in [-0.3, -0.25) is 0 Å².